The number of phenolic OH excluding ortho intramolecular Hbond substituents is 2. The third kappa shape index (κ3) is 5.86. The van der Waals surface area contributed by atoms with E-state index in [9.17, 15) is 39.6 Å². The van der Waals surface area contributed by atoms with Gasteiger partial charge in [0.05, 0.1) is 47.6 Å². The second kappa shape index (κ2) is 12.7. The van der Waals surface area contributed by atoms with E-state index in [0.29, 0.717) is 6.42 Å². The summed E-state index contributed by atoms with van der Waals surface area (Å²) in [5.41, 5.74) is -1.70. The molecule has 0 radical (unpaired) electrons. The highest BCUT2D eigenvalue weighted by Crippen LogP contribution is 2.56. The van der Waals surface area contributed by atoms with Crippen molar-refractivity contribution in [3.05, 3.63) is 29.5 Å². The van der Waals surface area contributed by atoms with Gasteiger partial charge in [-0.05, 0) is 32.3 Å². The average molecular weight is 712 g/mol. The number of hydrogen-bond acceptors (Lipinski definition) is 13. The lowest BCUT2D eigenvalue weighted by Crippen LogP contribution is -2.50. The van der Waals surface area contributed by atoms with Gasteiger partial charge in [0.15, 0.2) is 11.4 Å². The highest BCUT2D eigenvalue weighted by molar-refractivity contribution is 6.22. The van der Waals surface area contributed by atoms with Gasteiger partial charge in [-0.2, -0.15) is 0 Å². The van der Waals surface area contributed by atoms with Crippen LogP contribution < -0.4 is 14.8 Å². The van der Waals surface area contributed by atoms with Crippen molar-refractivity contribution in [2.45, 2.75) is 97.1 Å². The molecule has 14 heteroatoms. The van der Waals surface area contributed by atoms with Crippen LogP contribution in [0.4, 0.5) is 5.69 Å². The van der Waals surface area contributed by atoms with Gasteiger partial charge >= 0.3 is 11.8 Å². The largest absolute Gasteiger partial charge is 0.507 e. The van der Waals surface area contributed by atoms with Crippen molar-refractivity contribution in [2.24, 2.45) is 29.6 Å². The van der Waals surface area contributed by atoms with E-state index in [1.165, 1.54) is 53.2 Å². The van der Waals surface area contributed by atoms with Gasteiger partial charge in [-0.1, -0.05) is 20.8 Å². The van der Waals surface area contributed by atoms with Crippen LogP contribution in [0.25, 0.3) is 10.8 Å². The van der Waals surface area contributed by atoms with E-state index in [1.807, 2.05) is 0 Å². The number of phenols is 2. The minimum Gasteiger partial charge on any atom is -0.507 e. The van der Waals surface area contributed by atoms with Gasteiger partial charge in [0.1, 0.15) is 29.1 Å². The number of ketones is 2. The van der Waals surface area contributed by atoms with Crippen LogP contribution in [0.5, 0.6) is 23.0 Å². The molecule has 5 N–H and O–H groups in total. The van der Waals surface area contributed by atoms with Gasteiger partial charge in [-0.3, -0.25) is 19.2 Å². The summed E-state index contributed by atoms with van der Waals surface area (Å²) in [4.78, 5) is 53.5. The first-order valence-electron chi connectivity index (χ1n) is 17.1. The summed E-state index contributed by atoms with van der Waals surface area (Å²) in [7, 11) is 1.43. The molecule has 14 nitrogen and oxygen atoms in total. The zero-order chi connectivity index (χ0) is 37.5. The Kier molecular flexibility index (Phi) is 9.04. The van der Waals surface area contributed by atoms with Crippen LogP contribution in [-0.2, 0) is 28.6 Å². The van der Waals surface area contributed by atoms with E-state index >= 15 is 0 Å². The summed E-state index contributed by atoms with van der Waals surface area (Å²) in [6.45, 7) is 10.7. The smallest absolute Gasteiger partial charge is 0.312 e. The molecule has 1 aliphatic carbocycles. The fourth-order valence-electron chi connectivity index (χ4n) is 7.94. The van der Waals surface area contributed by atoms with Crippen LogP contribution in [0.2, 0.25) is 0 Å². The molecule has 0 unspecified atom stereocenters. The molecule has 4 aliphatic rings. The van der Waals surface area contributed by atoms with Crippen LogP contribution in [0.1, 0.15) is 70.3 Å². The van der Waals surface area contributed by atoms with Gasteiger partial charge in [0.25, 0.3) is 11.7 Å². The molecule has 2 aromatic carbocycles. The molecule has 6 rings (SSSR count). The molecule has 276 valence electrons. The Morgan fingerprint density at radius 2 is 1.67 bits per heavy atom. The first-order chi connectivity index (χ1) is 23.8. The number of rotatable bonds is 2. The molecule has 2 aromatic rings. The first kappa shape index (κ1) is 36.4. The number of amides is 1. The summed E-state index contributed by atoms with van der Waals surface area (Å²) in [5.74, 6) is -8.32. The third-order valence-corrected chi connectivity index (χ3v) is 11.2. The van der Waals surface area contributed by atoms with E-state index in [2.05, 4.69) is 5.32 Å². The van der Waals surface area contributed by atoms with E-state index in [4.69, 9.17) is 23.7 Å². The summed E-state index contributed by atoms with van der Waals surface area (Å²) >= 11 is 0. The molecule has 0 saturated heterocycles. The molecule has 3 aliphatic heterocycles. The van der Waals surface area contributed by atoms with Gasteiger partial charge in [-0.15, -0.1) is 0 Å². The highest BCUT2D eigenvalue weighted by atomic mass is 16.7. The minimum absolute atomic E-state index is 0.0239. The monoisotopic (exact) mass is 711 g/mol. The van der Waals surface area contributed by atoms with Crippen molar-refractivity contribution < 1.29 is 63.3 Å². The Balaban J connectivity index is 1.48. The number of methoxy groups -OCH3 is 1. The van der Waals surface area contributed by atoms with Gasteiger partial charge in [0, 0.05) is 61.6 Å². The number of nitrogens with one attached hydrogen (secondary N) is 1. The average Bonchev–Trinajstić information content (AvgIpc) is 3.83. The molecule has 3 heterocycles. The summed E-state index contributed by atoms with van der Waals surface area (Å²) < 4.78 is 29.6. The van der Waals surface area contributed by atoms with Crippen LogP contribution in [0, 0.1) is 36.5 Å². The van der Waals surface area contributed by atoms with Crippen molar-refractivity contribution in [1.29, 1.82) is 0 Å². The Morgan fingerprint density at radius 3 is 2.31 bits per heavy atom. The van der Waals surface area contributed by atoms with Gasteiger partial charge in [0.2, 0.25) is 0 Å². The van der Waals surface area contributed by atoms with Crippen molar-refractivity contribution in [3.63, 3.8) is 0 Å². The molecule has 6 bridgehead atoms. The number of esters is 1. The number of aliphatic hydroxyl groups is 2. The highest BCUT2D eigenvalue weighted by Gasteiger charge is 2.54. The lowest BCUT2D eigenvalue weighted by Gasteiger charge is -2.37. The number of carbonyl (C=O) groups is 4. The molecule has 0 spiro atoms. The molecule has 1 amide bonds. The minimum atomic E-state index is -1.97. The summed E-state index contributed by atoms with van der Waals surface area (Å²) in [6.07, 6.45) is -1.28. The number of aromatic hydroxyl groups is 2. The van der Waals surface area contributed by atoms with E-state index < -0.39 is 95.2 Å². The van der Waals surface area contributed by atoms with Gasteiger partial charge in [-0.25, -0.2) is 0 Å². The SMILES string of the molecule is CO[C@H]1/C=C\O[C@@]2(C)Oc3c(C)c(O)c4c5c(cc(O)c4c3C2=O)NC(=O)[C@](C)(CC(=O)[C@@H]2C[C@@H]2[C@H](O)[C@@H](C)[C@@H](O)[C@@H](C)[C@H](OC(C)=O)[C@@H]1C)O5. The molecule has 1 fully saturated rings. The van der Waals surface area contributed by atoms with E-state index in [0.717, 1.165) is 0 Å². The molecule has 0 aromatic heterocycles. The quantitative estimate of drug-likeness (QED) is 0.282. The standard InChI is InChI=1S/C37H45NO13/c1-14-24(47-8)9-10-48-37(7)34(45)27-25-22(40)12-21-33(26(25)30(44)17(4)32(27)51-37)50-36(6,35(46)38-21)13-23(41)19-11-20(19)29(43)15(2)28(42)16(3)31(14)49-18(5)39/h9-10,12,14-16,19-20,24,28-29,31,40,42-44H,11,13H2,1-8H3,(H,38,46)/b10-9-/t14-,15+,16-,19-,20+,24+,28-,29-,31-,36+,37+/m1/s1. The fourth-order valence-corrected chi connectivity index (χ4v) is 7.94. The number of ether oxygens (including phenoxy) is 5. The zero-order valence-corrected chi connectivity index (χ0v) is 29.8. The Morgan fingerprint density at radius 1 is 0.980 bits per heavy atom. The summed E-state index contributed by atoms with van der Waals surface area (Å²) in [6, 6.07) is 1.19. The number of anilines is 1. The number of hydrogen-bond donors (Lipinski definition) is 5. The molecular formula is C37H45NO13. The van der Waals surface area contributed by atoms with Crippen molar-refractivity contribution in [3.8, 4) is 23.0 Å². The molecule has 51 heavy (non-hydrogen) atoms. The van der Waals surface area contributed by atoms with Crippen LogP contribution in [0.3, 0.4) is 0 Å². The molecule has 11 atom stereocenters. The van der Waals surface area contributed by atoms with Crippen molar-refractivity contribution in [2.75, 3.05) is 12.4 Å². The third-order valence-electron chi connectivity index (χ3n) is 11.2. The fraction of sp³-hybridized carbons (Fsp3) is 0.568. The van der Waals surface area contributed by atoms with E-state index in [-0.39, 0.29) is 50.6 Å². The molecular weight excluding hydrogens is 666 g/mol. The number of aliphatic hydroxyl groups excluding tert-OH is 2. The van der Waals surface area contributed by atoms with Crippen LogP contribution >= 0.6 is 0 Å². The maximum Gasteiger partial charge on any atom is 0.312 e. The van der Waals surface area contributed by atoms with Crippen molar-refractivity contribution >= 4 is 39.9 Å². The normalized spacial score (nSPS) is 37.1. The Labute approximate surface area is 294 Å². The number of carbonyl (C=O) groups excluding carboxylic acids is 4. The van der Waals surface area contributed by atoms with Crippen LogP contribution in [-0.4, -0.2) is 86.8 Å². The molecule has 1 saturated carbocycles. The Bertz CT molecular complexity index is 1860. The van der Waals surface area contributed by atoms with Crippen LogP contribution in [0.15, 0.2) is 18.4 Å². The van der Waals surface area contributed by atoms with E-state index in [1.54, 1.807) is 20.8 Å². The number of benzene rings is 2. The summed E-state index contributed by atoms with van der Waals surface area (Å²) in [5, 5.41) is 48.1. The number of fused-ring (bicyclic) bond motifs is 3. The topological polar surface area (TPSA) is 207 Å². The predicted molar refractivity (Wildman–Crippen MR) is 180 cm³/mol. The lowest BCUT2D eigenvalue weighted by atomic mass is 9.79. The maximum absolute atomic E-state index is 14.1. The second-order valence-corrected chi connectivity index (χ2v) is 14.8. The predicted octanol–water partition coefficient (Wildman–Crippen LogP) is 3.66. The van der Waals surface area contributed by atoms with Crippen molar-refractivity contribution in [1.82, 2.24) is 0 Å². The number of Topliss-reactive ketones (excluding diaryl/α,β-unsaturated/α-hetero) is 2. The second-order valence-electron chi connectivity index (χ2n) is 14.8. The lowest BCUT2D eigenvalue weighted by molar-refractivity contribution is -0.160. The Hall–Kier alpha value is -4.40. The zero-order valence-electron chi connectivity index (χ0n) is 29.8. The van der Waals surface area contributed by atoms with Gasteiger partial charge < -0.3 is 49.4 Å². The maximum atomic E-state index is 14.1. The first-order valence-corrected chi connectivity index (χ1v) is 17.1.